The predicted octanol–water partition coefficient (Wildman–Crippen LogP) is 2.53. The van der Waals surface area contributed by atoms with E-state index in [9.17, 15) is 14.4 Å². The summed E-state index contributed by atoms with van der Waals surface area (Å²) < 4.78 is 6.02. The molecule has 0 aliphatic carbocycles. The van der Waals surface area contributed by atoms with E-state index >= 15 is 0 Å². The molecular weight excluding hydrogens is 400 g/mol. The van der Waals surface area contributed by atoms with E-state index in [0.29, 0.717) is 0 Å². The molecule has 2 fully saturated rings. The van der Waals surface area contributed by atoms with E-state index in [1.165, 1.54) is 16.7 Å². The normalized spacial score (nSPS) is 25.4. The lowest BCUT2D eigenvalue weighted by Gasteiger charge is -2.52. The molecule has 7 heteroatoms. The summed E-state index contributed by atoms with van der Waals surface area (Å²) in [5.41, 5.74) is 6.13. The summed E-state index contributed by atoms with van der Waals surface area (Å²) in [4.78, 5) is 40.2. The Labute approximate surface area is 179 Å². The van der Waals surface area contributed by atoms with E-state index in [-0.39, 0.29) is 35.8 Å². The van der Waals surface area contributed by atoms with E-state index < -0.39 is 23.5 Å². The number of amides is 1. The van der Waals surface area contributed by atoms with Gasteiger partial charge in [0.05, 0.1) is 0 Å². The van der Waals surface area contributed by atoms with E-state index in [2.05, 4.69) is 0 Å². The molecule has 4 rings (SSSR count). The van der Waals surface area contributed by atoms with Crippen LogP contribution in [-0.4, -0.2) is 46.3 Å². The first-order valence-electron chi connectivity index (χ1n) is 10.00. The maximum absolute atomic E-state index is 13.5. The Morgan fingerprint density at radius 2 is 1.70 bits per heavy atom. The molecule has 2 saturated heterocycles. The van der Waals surface area contributed by atoms with Crippen molar-refractivity contribution in [3.63, 3.8) is 0 Å². The molecule has 2 unspecified atom stereocenters. The molecule has 2 aliphatic heterocycles. The van der Waals surface area contributed by atoms with E-state index in [1.807, 2.05) is 60.7 Å². The Kier molecular flexibility index (Phi) is 5.66. The highest BCUT2D eigenvalue weighted by Crippen LogP contribution is 2.44. The molecule has 2 aromatic carbocycles. The van der Waals surface area contributed by atoms with Crippen LogP contribution in [0, 0.1) is 5.41 Å². The van der Waals surface area contributed by atoms with Gasteiger partial charge in [-0.2, -0.15) is 0 Å². The molecule has 0 saturated carbocycles. The molecule has 0 radical (unpaired) electrons. The molecule has 0 spiro atoms. The number of hydrogen-bond donors (Lipinski definition) is 1. The zero-order valence-electron chi connectivity index (χ0n) is 16.7. The average molecular weight is 425 g/mol. The molecule has 6 nitrogen and oxygen atoms in total. The van der Waals surface area contributed by atoms with Crippen molar-refractivity contribution in [2.75, 3.05) is 12.3 Å². The molecule has 2 aromatic rings. The van der Waals surface area contributed by atoms with Crippen LogP contribution < -0.4 is 5.73 Å². The zero-order chi connectivity index (χ0) is 21.3. The van der Waals surface area contributed by atoms with E-state index in [1.54, 1.807) is 6.92 Å². The molecular formula is C23H24N2O4S. The van der Waals surface area contributed by atoms with Crippen molar-refractivity contribution >= 4 is 29.4 Å². The van der Waals surface area contributed by atoms with Crippen LogP contribution >= 0.6 is 11.8 Å². The summed E-state index contributed by atoms with van der Waals surface area (Å²) in [6.45, 7) is 1.75. The lowest BCUT2D eigenvalue weighted by Crippen LogP contribution is -2.73. The fourth-order valence-electron chi connectivity index (χ4n) is 4.02. The van der Waals surface area contributed by atoms with Gasteiger partial charge in [0.15, 0.2) is 17.3 Å². The number of ether oxygens (including phenoxy) is 1. The van der Waals surface area contributed by atoms with Crippen molar-refractivity contribution in [3.05, 3.63) is 71.8 Å². The number of nitrogens with zero attached hydrogens (tertiary/aromatic N) is 1. The van der Waals surface area contributed by atoms with Crippen LogP contribution in [0.2, 0.25) is 0 Å². The number of ketones is 1. The zero-order valence-corrected chi connectivity index (χ0v) is 17.5. The van der Waals surface area contributed by atoms with Gasteiger partial charge < -0.3 is 15.4 Å². The Morgan fingerprint density at radius 1 is 1.13 bits per heavy atom. The molecule has 3 atom stereocenters. The first-order chi connectivity index (χ1) is 14.5. The number of nitrogens with two attached hydrogens (primary N) is 1. The van der Waals surface area contributed by atoms with Crippen molar-refractivity contribution in [3.8, 4) is 0 Å². The van der Waals surface area contributed by atoms with Gasteiger partial charge in [0.1, 0.15) is 11.4 Å². The molecule has 30 heavy (non-hydrogen) atoms. The molecule has 0 bridgehead atoms. The molecule has 1 amide bonds. The lowest BCUT2D eigenvalue weighted by atomic mass is 9.81. The highest BCUT2D eigenvalue weighted by atomic mass is 32.2. The predicted molar refractivity (Wildman–Crippen MR) is 114 cm³/mol. The van der Waals surface area contributed by atoms with Crippen LogP contribution in [0.15, 0.2) is 60.7 Å². The van der Waals surface area contributed by atoms with Crippen molar-refractivity contribution in [1.82, 2.24) is 4.90 Å². The standard InChI is InChI=1S/C23H24N2O4S/c1-2-17(26)23(13-25-20(27)18(24)21(25)30-14-23)22(28)29-19(15-9-5-3-6-10-15)16-11-7-4-8-12-16/h3-12,18-19,21H,2,13-14,24H2,1H3/t18?,21-,23?/m1/s1. The monoisotopic (exact) mass is 424 g/mol. The van der Waals surface area contributed by atoms with Crippen LogP contribution in [-0.2, 0) is 19.1 Å². The minimum absolute atomic E-state index is 0.0268. The van der Waals surface area contributed by atoms with Gasteiger partial charge in [0.2, 0.25) is 5.91 Å². The van der Waals surface area contributed by atoms with Crippen LogP contribution in [0.4, 0.5) is 0 Å². The SMILES string of the molecule is CCC(=O)C1(C(=O)OC(c2ccccc2)c2ccccc2)CS[C@@H]2C(N)C(=O)N2C1. The Balaban J connectivity index is 1.66. The maximum atomic E-state index is 13.5. The molecule has 156 valence electrons. The van der Waals surface area contributed by atoms with Crippen molar-refractivity contribution < 1.29 is 19.1 Å². The number of rotatable bonds is 6. The van der Waals surface area contributed by atoms with Gasteiger partial charge in [-0.05, 0) is 11.1 Å². The number of carbonyl (C=O) groups is 3. The van der Waals surface area contributed by atoms with Crippen LogP contribution in [0.5, 0.6) is 0 Å². The number of benzene rings is 2. The second-order valence-electron chi connectivity index (χ2n) is 7.66. The first-order valence-corrected chi connectivity index (χ1v) is 11.0. The van der Waals surface area contributed by atoms with Gasteiger partial charge in [-0.15, -0.1) is 11.8 Å². The molecule has 2 aliphatic rings. The summed E-state index contributed by atoms with van der Waals surface area (Å²) in [5, 5.41) is -0.179. The first kappa shape index (κ1) is 20.6. The van der Waals surface area contributed by atoms with Gasteiger partial charge in [0, 0.05) is 18.7 Å². The smallest absolute Gasteiger partial charge is 0.323 e. The average Bonchev–Trinajstić information content (AvgIpc) is 2.81. The van der Waals surface area contributed by atoms with Crippen molar-refractivity contribution in [1.29, 1.82) is 0 Å². The lowest BCUT2D eigenvalue weighted by molar-refractivity contribution is -0.167. The van der Waals surface area contributed by atoms with E-state index in [0.717, 1.165) is 11.1 Å². The number of fused-ring (bicyclic) bond motifs is 1. The summed E-state index contributed by atoms with van der Waals surface area (Å²) in [7, 11) is 0. The maximum Gasteiger partial charge on any atom is 0.323 e. The summed E-state index contributed by atoms with van der Waals surface area (Å²) in [5.74, 6) is -0.773. The van der Waals surface area contributed by atoms with Crippen LogP contribution in [0.3, 0.4) is 0 Å². The quantitative estimate of drug-likeness (QED) is 0.435. The summed E-state index contributed by atoms with van der Waals surface area (Å²) in [6, 6.07) is 18.3. The van der Waals surface area contributed by atoms with Crippen molar-refractivity contribution in [2.24, 2.45) is 11.1 Å². The number of esters is 1. The van der Waals surface area contributed by atoms with Crippen LogP contribution in [0.1, 0.15) is 30.6 Å². The third-order valence-corrected chi connectivity index (χ3v) is 7.35. The third-order valence-electron chi connectivity index (χ3n) is 5.80. The third kappa shape index (κ3) is 3.42. The topological polar surface area (TPSA) is 89.7 Å². The fraction of sp³-hybridized carbons (Fsp3) is 0.348. The Hall–Kier alpha value is -2.64. The van der Waals surface area contributed by atoms with Gasteiger partial charge in [-0.3, -0.25) is 14.4 Å². The minimum Gasteiger partial charge on any atom is -0.452 e. The second-order valence-corrected chi connectivity index (χ2v) is 8.76. The molecule has 2 heterocycles. The summed E-state index contributed by atoms with van der Waals surface area (Å²) in [6.07, 6.45) is -0.450. The van der Waals surface area contributed by atoms with Crippen molar-refractivity contribution in [2.45, 2.75) is 30.9 Å². The number of thioether (sulfide) groups is 1. The number of Topliss-reactive ketones (excluding diaryl/α,β-unsaturated/α-hetero) is 1. The number of β-lactam (4-membered cyclic amide) rings is 1. The number of hydrogen-bond acceptors (Lipinski definition) is 6. The largest absolute Gasteiger partial charge is 0.452 e. The van der Waals surface area contributed by atoms with Gasteiger partial charge in [-0.25, -0.2) is 0 Å². The highest BCUT2D eigenvalue weighted by Gasteiger charge is 2.59. The molecule has 0 aromatic heterocycles. The van der Waals surface area contributed by atoms with Crippen LogP contribution in [0.25, 0.3) is 0 Å². The second kappa shape index (κ2) is 8.24. The van der Waals surface area contributed by atoms with Gasteiger partial charge in [-0.1, -0.05) is 67.6 Å². The van der Waals surface area contributed by atoms with E-state index in [4.69, 9.17) is 10.5 Å². The Morgan fingerprint density at radius 3 is 2.23 bits per heavy atom. The fourth-order valence-corrected chi connectivity index (χ4v) is 5.53. The van der Waals surface area contributed by atoms with Gasteiger partial charge >= 0.3 is 5.97 Å². The highest BCUT2D eigenvalue weighted by molar-refractivity contribution is 8.00. The van der Waals surface area contributed by atoms with Gasteiger partial charge in [0.25, 0.3) is 0 Å². The minimum atomic E-state index is -1.38. The summed E-state index contributed by atoms with van der Waals surface area (Å²) >= 11 is 1.38. The number of carbonyl (C=O) groups excluding carboxylic acids is 3. The Bertz CT molecular complexity index is 913. The molecule has 2 N–H and O–H groups in total.